The number of halogens is 1. The third-order valence-corrected chi connectivity index (χ3v) is 6.96. The molecule has 3 aliphatic heterocycles. The van der Waals surface area contributed by atoms with Gasteiger partial charge in [-0.1, -0.05) is 30.2 Å². The van der Waals surface area contributed by atoms with Crippen molar-refractivity contribution in [2.75, 3.05) is 31.5 Å². The van der Waals surface area contributed by atoms with E-state index in [1.54, 1.807) is 36.4 Å². The zero-order chi connectivity index (χ0) is 22.8. The maximum atomic E-state index is 13.1. The van der Waals surface area contributed by atoms with Gasteiger partial charge >= 0.3 is 0 Å². The van der Waals surface area contributed by atoms with Gasteiger partial charge in [0.15, 0.2) is 11.5 Å². The monoisotopic (exact) mass is 465 g/mol. The van der Waals surface area contributed by atoms with Crippen molar-refractivity contribution in [2.45, 2.75) is 38.1 Å². The molecule has 0 unspecified atom stereocenters. The maximum absolute atomic E-state index is 13.1. The van der Waals surface area contributed by atoms with E-state index < -0.39 is 0 Å². The molecule has 6 nitrogen and oxygen atoms in total. The summed E-state index contributed by atoms with van der Waals surface area (Å²) < 4.78 is 5.83. The van der Waals surface area contributed by atoms with Crippen molar-refractivity contribution in [2.24, 2.45) is 0 Å². The van der Waals surface area contributed by atoms with Crippen LogP contribution in [-0.4, -0.2) is 53.8 Å². The molecule has 2 aromatic carbocycles. The van der Waals surface area contributed by atoms with Gasteiger partial charge in [-0.15, -0.1) is 0 Å². The number of fused-ring (bicyclic) bond motifs is 1. The van der Waals surface area contributed by atoms with Crippen molar-refractivity contribution in [3.63, 3.8) is 0 Å². The molecule has 0 atom stereocenters. The minimum Gasteiger partial charge on any atom is -0.449 e. The van der Waals surface area contributed by atoms with Crippen LogP contribution in [0, 0.1) is 0 Å². The molecular formula is C26H28ClN3O3. The Kier molecular flexibility index (Phi) is 6.38. The van der Waals surface area contributed by atoms with Gasteiger partial charge in [-0.05, 0) is 80.7 Å². The number of amides is 2. The molecular weight excluding hydrogens is 438 g/mol. The summed E-state index contributed by atoms with van der Waals surface area (Å²) >= 11 is 6.03. The van der Waals surface area contributed by atoms with Gasteiger partial charge in [-0.25, -0.2) is 0 Å². The molecule has 3 aliphatic rings. The summed E-state index contributed by atoms with van der Waals surface area (Å²) in [5.41, 5.74) is 1.85. The van der Waals surface area contributed by atoms with Crippen LogP contribution in [0.25, 0.3) is 6.08 Å². The van der Waals surface area contributed by atoms with Crippen LogP contribution in [0.15, 0.2) is 48.2 Å². The lowest BCUT2D eigenvalue weighted by Crippen LogP contribution is -2.48. The van der Waals surface area contributed by atoms with E-state index in [2.05, 4.69) is 10.2 Å². The van der Waals surface area contributed by atoms with Crippen LogP contribution in [-0.2, 0) is 4.79 Å². The first kappa shape index (κ1) is 22.0. The number of hydrogen-bond donors (Lipinski definition) is 1. The third-order valence-electron chi connectivity index (χ3n) is 6.72. The Bertz CT molecular complexity index is 1090. The fraction of sp³-hybridized carbons (Fsp3) is 0.385. The second kappa shape index (κ2) is 9.57. The van der Waals surface area contributed by atoms with Crippen LogP contribution in [0.4, 0.5) is 5.69 Å². The third kappa shape index (κ3) is 4.92. The summed E-state index contributed by atoms with van der Waals surface area (Å²) in [5.74, 6) is 0.352. The van der Waals surface area contributed by atoms with Gasteiger partial charge in [0.05, 0.1) is 5.69 Å². The first-order chi connectivity index (χ1) is 16.1. The zero-order valence-electron chi connectivity index (χ0n) is 18.6. The van der Waals surface area contributed by atoms with Gasteiger partial charge in [0.25, 0.3) is 11.8 Å². The SMILES string of the molecule is O=C1Nc2cc(C(=O)N3CCC(N4CCCCC4)CC3)ccc2OC1=Cc1cccc(Cl)c1. The Morgan fingerprint density at radius 1 is 1.03 bits per heavy atom. The van der Waals surface area contributed by atoms with Crippen molar-refractivity contribution in [1.82, 2.24) is 9.80 Å². The molecule has 0 radical (unpaired) electrons. The Morgan fingerprint density at radius 2 is 1.82 bits per heavy atom. The Labute approximate surface area is 199 Å². The van der Waals surface area contributed by atoms with Crippen LogP contribution in [0.3, 0.4) is 0 Å². The molecule has 0 aromatic heterocycles. The standard InChI is InChI=1S/C26H28ClN3O3/c27-20-6-4-5-18(15-20)16-24-25(31)28-22-17-19(7-8-23(22)33-24)26(32)30-13-9-21(10-14-30)29-11-2-1-3-12-29/h4-8,15-17,21H,1-3,9-14H2,(H,28,31). The zero-order valence-corrected chi connectivity index (χ0v) is 19.3. The number of piperidine rings is 2. The number of rotatable bonds is 3. The van der Waals surface area contributed by atoms with E-state index in [1.807, 2.05) is 17.0 Å². The Hall–Kier alpha value is -2.83. The minimum absolute atomic E-state index is 0.00408. The number of nitrogens with zero attached hydrogens (tertiary/aromatic N) is 2. The van der Waals surface area contributed by atoms with E-state index >= 15 is 0 Å². The predicted octanol–water partition coefficient (Wildman–Crippen LogP) is 4.80. The number of ether oxygens (including phenoxy) is 1. The fourth-order valence-corrected chi connectivity index (χ4v) is 5.14. The molecule has 0 saturated carbocycles. The quantitative estimate of drug-likeness (QED) is 0.661. The van der Waals surface area contributed by atoms with Crippen LogP contribution >= 0.6 is 11.6 Å². The Morgan fingerprint density at radius 3 is 2.58 bits per heavy atom. The van der Waals surface area contributed by atoms with E-state index in [0.29, 0.717) is 28.1 Å². The molecule has 0 bridgehead atoms. The van der Waals surface area contributed by atoms with E-state index in [0.717, 1.165) is 31.5 Å². The number of anilines is 1. The number of likely N-dealkylation sites (tertiary alicyclic amines) is 2. The minimum atomic E-state index is -0.352. The van der Waals surface area contributed by atoms with Crippen molar-refractivity contribution < 1.29 is 14.3 Å². The average Bonchev–Trinajstić information content (AvgIpc) is 2.84. The fourth-order valence-electron chi connectivity index (χ4n) is 4.94. The molecule has 2 fully saturated rings. The van der Waals surface area contributed by atoms with Gasteiger partial charge in [0.2, 0.25) is 0 Å². The van der Waals surface area contributed by atoms with Crippen LogP contribution in [0.2, 0.25) is 5.02 Å². The smallest absolute Gasteiger partial charge is 0.291 e. The highest BCUT2D eigenvalue weighted by Crippen LogP contribution is 2.33. The number of carbonyl (C=O) groups excluding carboxylic acids is 2. The van der Waals surface area contributed by atoms with Crippen molar-refractivity contribution in [3.8, 4) is 5.75 Å². The van der Waals surface area contributed by atoms with E-state index in [-0.39, 0.29) is 17.6 Å². The van der Waals surface area contributed by atoms with Gasteiger partial charge in [-0.2, -0.15) is 0 Å². The highest BCUT2D eigenvalue weighted by atomic mass is 35.5. The molecule has 2 aromatic rings. The van der Waals surface area contributed by atoms with Crippen molar-refractivity contribution in [3.05, 3.63) is 64.4 Å². The van der Waals surface area contributed by atoms with E-state index in [4.69, 9.17) is 16.3 Å². The molecule has 5 rings (SSSR count). The summed E-state index contributed by atoms with van der Waals surface area (Å²) in [6, 6.07) is 13.0. The molecule has 3 heterocycles. The van der Waals surface area contributed by atoms with Gasteiger partial charge in [-0.3, -0.25) is 9.59 Å². The van der Waals surface area contributed by atoms with Gasteiger partial charge in [0.1, 0.15) is 0 Å². The summed E-state index contributed by atoms with van der Waals surface area (Å²) in [4.78, 5) is 30.2. The first-order valence-corrected chi connectivity index (χ1v) is 12.1. The van der Waals surface area contributed by atoms with Gasteiger partial charge in [0, 0.05) is 29.7 Å². The van der Waals surface area contributed by atoms with Crippen LogP contribution in [0.1, 0.15) is 48.0 Å². The normalized spacial score (nSPS) is 20.8. The number of hydrogen-bond acceptors (Lipinski definition) is 4. The lowest BCUT2D eigenvalue weighted by molar-refractivity contribution is -0.115. The molecule has 0 aliphatic carbocycles. The molecule has 7 heteroatoms. The van der Waals surface area contributed by atoms with E-state index in [9.17, 15) is 9.59 Å². The highest BCUT2D eigenvalue weighted by Gasteiger charge is 2.29. The lowest BCUT2D eigenvalue weighted by atomic mass is 9.99. The summed E-state index contributed by atoms with van der Waals surface area (Å²) in [7, 11) is 0. The van der Waals surface area contributed by atoms with Crippen molar-refractivity contribution >= 4 is 35.2 Å². The molecule has 0 spiro atoms. The summed E-state index contributed by atoms with van der Waals surface area (Å²) in [6.45, 7) is 3.92. The van der Waals surface area contributed by atoms with Crippen molar-refractivity contribution in [1.29, 1.82) is 0 Å². The number of nitrogens with one attached hydrogen (secondary N) is 1. The summed E-state index contributed by atoms with van der Waals surface area (Å²) in [6.07, 6.45) is 7.61. The highest BCUT2D eigenvalue weighted by molar-refractivity contribution is 6.30. The number of benzene rings is 2. The largest absolute Gasteiger partial charge is 0.449 e. The second-order valence-electron chi connectivity index (χ2n) is 8.95. The molecule has 2 saturated heterocycles. The molecule has 1 N–H and O–H groups in total. The molecule has 33 heavy (non-hydrogen) atoms. The maximum Gasteiger partial charge on any atom is 0.291 e. The molecule has 2 amide bonds. The van der Waals surface area contributed by atoms with Crippen LogP contribution in [0.5, 0.6) is 5.75 Å². The first-order valence-electron chi connectivity index (χ1n) is 11.7. The predicted molar refractivity (Wildman–Crippen MR) is 129 cm³/mol. The number of carbonyl (C=O) groups is 2. The van der Waals surface area contributed by atoms with Gasteiger partial charge < -0.3 is 19.9 Å². The topological polar surface area (TPSA) is 61.9 Å². The Balaban J connectivity index is 1.25. The van der Waals surface area contributed by atoms with E-state index in [1.165, 1.54) is 32.4 Å². The lowest BCUT2D eigenvalue weighted by Gasteiger charge is -2.40. The second-order valence-corrected chi connectivity index (χ2v) is 9.39. The average molecular weight is 466 g/mol. The molecule has 172 valence electrons. The van der Waals surface area contributed by atoms with Crippen LogP contribution < -0.4 is 10.1 Å². The summed E-state index contributed by atoms with van der Waals surface area (Å²) in [5, 5.41) is 3.44.